The van der Waals surface area contributed by atoms with Crippen molar-refractivity contribution in [2.75, 3.05) is 7.11 Å². The van der Waals surface area contributed by atoms with E-state index in [0.717, 1.165) is 11.3 Å². The summed E-state index contributed by atoms with van der Waals surface area (Å²) < 4.78 is 5.10. The Morgan fingerprint density at radius 1 is 1.58 bits per heavy atom. The summed E-state index contributed by atoms with van der Waals surface area (Å²) in [4.78, 5) is 11.9. The van der Waals surface area contributed by atoms with Gasteiger partial charge in [0.25, 0.3) is 0 Å². The van der Waals surface area contributed by atoms with Gasteiger partial charge in [-0.3, -0.25) is 4.79 Å². The number of hydrogen-bond acceptors (Lipinski definition) is 4. The van der Waals surface area contributed by atoms with Crippen LogP contribution in [0, 0.1) is 5.92 Å². The maximum Gasteiger partial charge on any atom is 0.231 e. The van der Waals surface area contributed by atoms with Crippen LogP contribution in [0.5, 0.6) is 5.75 Å². The van der Waals surface area contributed by atoms with Crippen LogP contribution in [0.25, 0.3) is 0 Å². The van der Waals surface area contributed by atoms with Crippen molar-refractivity contribution in [3.63, 3.8) is 0 Å². The van der Waals surface area contributed by atoms with Gasteiger partial charge >= 0.3 is 0 Å². The molecule has 1 aromatic rings. The van der Waals surface area contributed by atoms with Crippen molar-refractivity contribution < 1.29 is 14.7 Å². The number of rotatable bonds is 6. The highest BCUT2D eigenvalue weighted by atomic mass is 16.5. The number of oxime groups is 1. The van der Waals surface area contributed by atoms with Crippen molar-refractivity contribution in [3.8, 4) is 5.75 Å². The van der Waals surface area contributed by atoms with E-state index in [2.05, 4.69) is 10.5 Å². The number of nitrogens with one attached hydrogen (secondary N) is 1. The molecule has 19 heavy (non-hydrogen) atoms. The summed E-state index contributed by atoms with van der Waals surface area (Å²) in [5.41, 5.74) is 6.38. The van der Waals surface area contributed by atoms with Crippen LogP contribution in [0.3, 0.4) is 0 Å². The molecule has 4 N–H and O–H groups in total. The van der Waals surface area contributed by atoms with Gasteiger partial charge in [0, 0.05) is 6.54 Å². The van der Waals surface area contributed by atoms with Crippen molar-refractivity contribution in [3.05, 3.63) is 29.8 Å². The summed E-state index contributed by atoms with van der Waals surface area (Å²) >= 11 is 0. The van der Waals surface area contributed by atoms with E-state index in [-0.39, 0.29) is 11.7 Å². The zero-order chi connectivity index (χ0) is 14.3. The maximum absolute atomic E-state index is 11.9. The van der Waals surface area contributed by atoms with E-state index in [1.54, 1.807) is 14.0 Å². The number of amidine groups is 1. The van der Waals surface area contributed by atoms with E-state index in [1.165, 1.54) is 0 Å². The number of nitrogens with zero attached hydrogens (tertiary/aromatic N) is 1. The minimum Gasteiger partial charge on any atom is -0.497 e. The van der Waals surface area contributed by atoms with Gasteiger partial charge < -0.3 is 21.0 Å². The van der Waals surface area contributed by atoms with E-state index in [0.29, 0.717) is 13.0 Å². The lowest BCUT2D eigenvalue weighted by Gasteiger charge is -2.13. The Balaban J connectivity index is 2.62. The average Bonchev–Trinajstić information content (AvgIpc) is 2.45. The Kier molecular flexibility index (Phi) is 5.66. The number of carbonyl (C=O) groups excluding carboxylic acids is 1. The van der Waals surface area contributed by atoms with E-state index in [4.69, 9.17) is 15.7 Å². The molecule has 0 bridgehead atoms. The average molecular weight is 265 g/mol. The van der Waals surface area contributed by atoms with Gasteiger partial charge in [0.2, 0.25) is 5.91 Å². The summed E-state index contributed by atoms with van der Waals surface area (Å²) in [5, 5.41) is 14.2. The van der Waals surface area contributed by atoms with Gasteiger partial charge in [-0.1, -0.05) is 24.2 Å². The Hall–Kier alpha value is -2.24. The standard InChI is InChI=1S/C13H19N3O3/c1-3-11(12(14)16-18)13(17)15-8-9-5-4-6-10(7-9)19-2/h4-7,11,18H,3,8H2,1-2H3,(H2,14,16)(H,15,17). The third kappa shape index (κ3) is 4.17. The van der Waals surface area contributed by atoms with Crippen LogP contribution >= 0.6 is 0 Å². The van der Waals surface area contributed by atoms with Crippen LogP contribution in [0.15, 0.2) is 29.4 Å². The largest absolute Gasteiger partial charge is 0.497 e. The second kappa shape index (κ2) is 7.25. The highest BCUT2D eigenvalue weighted by molar-refractivity contribution is 6.01. The zero-order valence-corrected chi connectivity index (χ0v) is 11.1. The number of methoxy groups -OCH3 is 1. The molecule has 0 heterocycles. The molecule has 0 aromatic heterocycles. The second-order valence-corrected chi connectivity index (χ2v) is 4.06. The van der Waals surface area contributed by atoms with Crippen LogP contribution in [0.4, 0.5) is 0 Å². The van der Waals surface area contributed by atoms with Crippen molar-refractivity contribution in [2.24, 2.45) is 16.8 Å². The molecular weight excluding hydrogens is 246 g/mol. The first-order valence-corrected chi connectivity index (χ1v) is 6.00. The first-order chi connectivity index (χ1) is 9.12. The van der Waals surface area contributed by atoms with Crippen LogP contribution in [0.1, 0.15) is 18.9 Å². The second-order valence-electron chi connectivity index (χ2n) is 4.06. The fourth-order valence-electron chi connectivity index (χ4n) is 1.69. The van der Waals surface area contributed by atoms with Crippen molar-refractivity contribution in [2.45, 2.75) is 19.9 Å². The Morgan fingerprint density at radius 2 is 2.32 bits per heavy atom. The molecule has 0 radical (unpaired) electrons. The van der Waals surface area contributed by atoms with Gasteiger partial charge in [-0.15, -0.1) is 0 Å². The third-order valence-corrected chi connectivity index (χ3v) is 2.80. The summed E-state index contributed by atoms with van der Waals surface area (Å²) in [5.74, 6) is -0.225. The van der Waals surface area contributed by atoms with E-state index >= 15 is 0 Å². The first-order valence-electron chi connectivity index (χ1n) is 6.00. The van der Waals surface area contributed by atoms with Crippen LogP contribution < -0.4 is 15.8 Å². The molecule has 0 aliphatic rings. The molecule has 0 aliphatic carbocycles. The summed E-state index contributed by atoms with van der Waals surface area (Å²) in [6.45, 7) is 2.17. The SMILES string of the molecule is CCC(C(=O)NCc1cccc(OC)c1)C(N)=NO. The van der Waals surface area contributed by atoms with Crippen LogP contribution in [-0.2, 0) is 11.3 Å². The molecule has 1 atom stereocenters. The van der Waals surface area contributed by atoms with Crippen molar-refractivity contribution in [1.82, 2.24) is 5.32 Å². The number of amides is 1. The highest BCUT2D eigenvalue weighted by Gasteiger charge is 2.20. The van der Waals surface area contributed by atoms with E-state index in [9.17, 15) is 4.79 Å². The number of benzene rings is 1. The first kappa shape index (κ1) is 14.8. The summed E-state index contributed by atoms with van der Waals surface area (Å²) in [6.07, 6.45) is 0.472. The van der Waals surface area contributed by atoms with Crippen LogP contribution in [0.2, 0.25) is 0 Å². The number of carbonyl (C=O) groups is 1. The monoisotopic (exact) mass is 265 g/mol. The van der Waals surface area contributed by atoms with E-state index in [1.807, 2.05) is 24.3 Å². The normalized spacial score (nSPS) is 12.8. The van der Waals surface area contributed by atoms with Gasteiger partial charge in [-0.2, -0.15) is 0 Å². The molecule has 0 aliphatic heterocycles. The van der Waals surface area contributed by atoms with Crippen LogP contribution in [-0.4, -0.2) is 24.1 Å². The van der Waals surface area contributed by atoms with Gasteiger partial charge in [0.15, 0.2) is 5.84 Å². The number of ether oxygens (including phenoxy) is 1. The third-order valence-electron chi connectivity index (χ3n) is 2.80. The molecule has 0 saturated carbocycles. The number of hydrogen-bond donors (Lipinski definition) is 3. The smallest absolute Gasteiger partial charge is 0.231 e. The fourth-order valence-corrected chi connectivity index (χ4v) is 1.69. The minimum absolute atomic E-state index is 0.0781. The van der Waals surface area contributed by atoms with E-state index < -0.39 is 5.92 Å². The Bertz CT molecular complexity index is 460. The zero-order valence-electron chi connectivity index (χ0n) is 11.1. The predicted molar refractivity (Wildman–Crippen MR) is 72.0 cm³/mol. The molecule has 104 valence electrons. The maximum atomic E-state index is 11.9. The van der Waals surface area contributed by atoms with Gasteiger partial charge in [0.05, 0.1) is 13.0 Å². The lowest BCUT2D eigenvalue weighted by Crippen LogP contribution is -2.38. The fraction of sp³-hybridized carbons (Fsp3) is 0.385. The quantitative estimate of drug-likeness (QED) is 0.310. The van der Waals surface area contributed by atoms with Gasteiger partial charge in [-0.05, 0) is 24.1 Å². The predicted octanol–water partition coefficient (Wildman–Crippen LogP) is 1.08. The summed E-state index contributed by atoms with van der Waals surface area (Å²) in [7, 11) is 1.59. The van der Waals surface area contributed by atoms with Gasteiger partial charge in [0.1, 0.15) is 5.75 Å². The molecule has 1 amide bonds. The molecule has 1 rings (SSSR count). The molecule has 6 heteroatoms. The van der Waals surface area contributed by atoms with Crippen molar-refractivity contribution >= 4 is 11.7 Å². The summed E-state index contributed by atoms with van der Waals surface area (Å²) in [6, 6.07) is 7.40. The highest BCUT2D eigenvalue weighted by Crippen LogP contribution is 2.12. The molecule has 0 fully saturated rings. The van der Waals surface area contributed by atoms with Gasteiger partial charge in [-0.25, -0.2) is 0 Å². The Labute approximate surface area is 112 Å². The van der Waals surface area contributed by atoms with Crippen molar-refractivity contribution in [1.29, 1.82) is 0 Å². The minimum atomic E-state index is -0.615. The molecule has 1 unspecified atom stereocenters. The lowest BCUT2D eigenvalue weighted by atomic mass is 10.0. The molecule has 0 spiro atoms. The molecule has 0 saturated heterocycles. The molecular formula is C13H19N3O3. The molecule has 6 nitrogen and oxygen atoms in total. The lowest BCUT2D eigenvalue weighted by molar-refractivity contribution is -0.123. The number of nitrogens with two attached hydrogens (primary N) is 1. The molecule has 1 aromatic carbocycles. The Morgan fingerprint density at radius 3 is 2.89 bits per heavy atom. The topological polar surface area (TPSA) is 96.9 Å².